The minimum atomic E-state index is 0.286. The Kier molecular flexibility index (Phi) is 8.21. The third kappa shape index (κ3) is 6.00. The molecule has 1 aromatic carbocycles. The largest absolute Gasteiger partial charge is 0.467 e. The van der Waals surface area contributed by atoms with Crippen LogP contribution < -0.4 is 4.74 Å². The summed E-state index contributed by atoms with van der Waals surface area (Å²) in [7, 11) is 3.25. The summed E-state index contributed by atoms with van der Waals surface area (Å²) in [5.74, 6) is 0.900. The van der Waals surface area contributed by atoms with Crippen LogP contribution in [0.1, 0.15) is 18.4 Å². The molecule has 0 amide bonds. The minimum absolute atomic E-state index is 0.286. The molecule has 0 bridgehead atoms. The quantitative estimate of drug-likeness (QED) is 0.475. The van der Waals surface area contributed by atoms with Crippen molar-refractivity contribution < 1.29 is 18.9 Å². The zero-order valence-corrected chi connectivity index (χ0v) is 11.2. The molecule has 0 aliphatic heterocycles. The van der Waals surface area contributed by atoms with E-state index in [0.717, 1.165) is 31.6 Å². The fourth-order valence-electron chi connectivity index (χ4n) is 1.64. The molecule has 18 heavy (non-hydrogen) atoms. The molecule has 0 radical (unpaired) electrons. The normalized spacial score (nSPS) is 10.6. The van der Waals surface area contributed by atoms with Crippen LogP contribution in [-0.4, -0.2) is 34.4 Å². The van der Waals surface area contributed by atoms with E-state index in [9.17, 15) is 0 Å². The van der Waals surface area contributed by atoms with Crippen molar-refractivity contribution in [1.82, 2.24) is 0 Å². The molecule has 4 heteroatoms. The fourth-order valence-corrected chi connectivity index (χ4v) is 1.64. The zero-order chi connectivity index (χ0) is 13.1. The van der Waals surface area contributed by atoms with Gasteiger partial charge in [0.1, 0.15) is 12.5 Å². The van der Waals surface area contributed by atoms with Crippen LogP contribution >= 0.6 is 0 Å². The van der Waals surface area contributed by atoms with Crippen molar-refractivity contribution in [2.75, 3.05) is 34.4 Å². The maximum absolute atomic E-state index is 5.51. The first-order valence-corrected chi connectivity index (χ1v) is 6.14. The smallest absolute Gasteiger partial charge is 0.188 e. The molecule has 4 nitrogen and oxygen atoms in total. The number of benzene rings is 1. The van der Waals surface area contributed by atoms with E-state index in [4.69, 9.17) is 18.9 Å². The van der Waals surface area contributed by atoms with E-state index in [1.165, 1.54) is 5.56 Å². The van der Waals surface area contributed by atoms with Crippen molar-refractivity contribution in [3.8, 4) is 5.75 Å². The van der Waals surface area contributed by atoms with Gasteiger partial charge in [-0.25, -0.2) is 0 Å². The highest BCUT2D eigenvalue weighted by molar-refractivity contribution is 5.33. The SMILES string of the molecule is COCOCCCCc1ccccc1OCOC. The van der Waals surface area contributed by atoms with Gasteiger partial charge >= 0.3 is 0 Å². The van der Waals surface area contributed by atoms with Gasteiger partial charge in [-0.3, -0.25) is 0 Å². The monoisotopic (exact) mass is 254 g/mol. The maximum atomic E-state index is 5.51. The molecule has 102 valence electrons. The van der Waals surface area contributed by atoms with Gasteiger partial charge in [0, 0.05) is 20.8 Å². The summed E-state index contributed by atoms with van der Waals surface area (Å²) >= 11 is 0. The van der Waals surface area contributed by atoms with Gasteiger partial charge in [0.25, 0.3) is 0 Å². The lowest BCUT2D eigenvalue weighted by atomic mass is 10.1. The predicted molar refractivity (Wildman–Crippen MR) is 69.7 cm³/mol. The van der Waals surface area contributed by atoms with Crippen LogP contribution in [0.5, 0.6) is 5.75 Å². The lowest BCUT2D eigenvalue weighted by Crippen LogP contribution is -2.02. The molecule has 0 saturated heterocycles. The number of aryl methyl sites for hydroxylation is 1. The summed E-state index contributed by atoms with van der Waals surface area (Å²) in [6.07, 6.45) is 3.06. The highest BCUT2D eigenvalue weighted by Gasteiger charge is 2.02. The molecule has 0 N–H and O–H groups in total. The molecule has 0 saturated carbocycles. The molecule has 0 unspecified atom stereocenters. The predicted octanol–water partition coefficient (Wildman–Crippen LogP) is 2.61. The van der Waals surface area contributed by atoms with E-state index in [1.54, 1.807) is 14.2 Å². The van der Waals surface area contributed by atoms with Crippen molar-refractivity contribution in [2.45, 2.75) is 19.3 Å². The molecule has 0 heterocycles. The molecule has 0 spiro atoms. The molecule has 0 aliphatic carbocycles. The van der Waals surface area contributed by atoms with Gasteiger partial charge in [-0.15, -0.1) is 0 Å². The summed E-state index contributed by atoms with van der Waals surface area (Å²) in [6.45, 7) is 1.39. The number of ether oxygens (including phenoxy) is 4. The van der Waals surface area contributed by atoms with Crippen LogP contribution in [0.4, 0.5) is 0 Å². The van der Waals surface area contributed by atoms with E-state index in [1.807, 2.05) is 18.2 Å². The van der Waals surface area contributed by atoms with Crippen molar-refractivity contribution in [2.24, 2.45) is 0 Å². The van der Waals surface area contributed by atoms with Gasteiger partial charge in [0.05, 0.1) is 0 Å². The Labute approximate surface area is 109 Å². The van der Waals surface area contributed by atoms with E-state index < -0.39 is 0 Å². The minimum Gasteiger partial charge on any atom is -0.467 e. The second kappa shape index (κ2) is 9.88. The number of rotatable bonds is 10. The van der Waals surface area contributed by atoms with Crippen molar-refractivity contribution in [3.05, 3.63) is 29.8 Å². The number of para-hydroxylation sites is 1. The standard InChI is InChI=1S/C14H22O4/c1-15-11-17-10-6-5-8-13-7-3-4-9-14(13)18-12-16-2/h3-4,7,9H,5-6,8,10-12H2,1-2H3. The van der Waals surface area contributed by atoms with Gasteiger partial charge in [0.2, 0.25) is 0 Å². The Morgan fingerprint density at radius 3 is 2.50 bits per heavy atom. The van der Waals surface area contributed by atoms with E-state index in [-0.39, 0.29) is 6.79 Å². The number of methoxy groups -OCH3 is 2. The van der Waals surface area contributed by atoms with Gasteiger partial charge in [0.15, 0.2) is 6.79 Å². The summed E-state index contributed by atoms with van der Waals surface area (Å²) in [5.41, 5.74) is 1.21. The number of unbranched alkanes of at least 4 members (excludes halogenated alkanes) is 1. The molecule has 0 fully saturated rings. The Balaban J connectivity index is 2.27. The van der Waals surface area contributed by atoms with Crippen molar-refractivity contribution >= 4 is 0 Å². The van der Waals surface area contributed by atoms with E-state index >= 15 is 0 Å². The average molecular weight is 254 g/mol. The summed E-state index contributed by atoms with van der Waals surface area (Å²) < 4.78 is 20.5. The fraction of sp³-hybridized carbons (Fsp3) is 0.571. The van der Waals surface area contributed by atoms with Crippen LogP contribution in [0.2, 0.25) is 0 Å². The Bertz CT molecular complexity index is 314. The van der Waals surface area contributed by atoms with Crippen molar-refractivity contribution in [1.29, 1.82) is 0 Å². The second-order valence-electron chi connectivity index (χ2n) is 3.93. The van der Waals surface area contributed by atoms with Gasteiger partial charge < -0.3 is 18.9 Å². The number of hydrogen-bond acceptors (Lipinski definition) is 4. The molecular weight excluding hydrogens is 232 g/mol. The van der Waals surface area contributed by atoms with Crippen LogP contribution in [-0.2, 0) is 20.6 Å². The average Bonchev–Trinajstić information content (AvgIpc) is 2.41. The molecule has 0 aromatic heterocycles. The molecular formula is C14H22O4. The Morgan fingerprint density at radius 2 is 1.72 bits per heavy atom. The van der Waals surface area contributed by atoms with E-state index in [2.05, 4.69) is 6.07 Å². The highest BCUT2D eigenvalue weighted by atomic mass is 16.7. The van der Waals surface area contributed by atoms with Crippen LogP contribution in [0.25, 0.3) is 0 Å². The van der Waals surface area contributed by atoms with Crippen LogP contribution in [0.3, 0.4) is 0 Å². The Morgan fingerprint density at radius 1 is 0.944 bits per heavy atom. The first-order valence-electron chi connectivity index (χ1n) is 6.14. The maximum Gasteiger partial charge on any atom is 0.188 e. The highest BCUT2D eigenvalue weighted by Crippen LogP contribution is 2.20. The first kappa shape index (κ1) is 15.0. The van der Waals surface area contributed by atoms with Crippen LogP contribution in [0, 0.1) is 0 Å². The van der Waals surface area contributed by atoms with Crippen molar-refractivity contribution in [3.63, 3.8) is 0 Å². The van der Waals surface area contributed by atoms with Crippen LogP contribution in [0.15, 0.2) is 24.3 Å². The zero-order valence-electron chi connectivity index (χ0n) is 11.2. The third-order valence-electron chi connectivity index (χ3n) is 2.49. The first-order chi connectivity index (χ1) is 8.88. The number of hydrogen-bond donors (Lipinski definition) is 0. The van der Waals surface area contributed by atoms with Gasteiger partial charge in [-0.2, -0.15) is 0 Å². The summed E-state index contributed by atoms with van der Waals surface area (Å²) in [6, 6.07) is 8.05. The third-order valence-corrected chi connectivity index (χ3v) is 2.49. The topological polar surface area (TPSA) is 36.9 Å². The summed E-state index contributed by atoms with van der Waals surface area (Å²) in [5, 5.41) is 0. The van der Waals surface area contributed by atoms with Gasteiger partial charge in [-0.1, -0.05) is 18.2 Å². The van der Waals surface area contributed by atoms with Gasteiger partial charge in [-0.05, 0) is 30.9 Å². The molecule has 1 aromatic rings. The molecule has 1 rings (SSSR count). The molecule has 0 atom stereocenters. The Hall–Kier alpha value is -1.10. The van der Waals surface area contributed by atoms with E-state index in [0.29, 0.717) is 6.79 Å². The second-order valence-corrected chi connectivity index (χ2v) is 3.93. The lowest BCUT2D eigenvalue weighted by Gasteiger charge is -2.10. The lowest BCUT2D eigenvalue weighted by molar-refractivity contribution is -0.0314. The summed E-state index contributed by atoms with van der Waals surface area (Å²) in [4.78, 5) is 0. The molecule has 0 aliphatic rings.